The van der Waals surface area contributed by atoms with Gasteiger partial charge in [0.2, 0.25) is 0 Å². The number of rotatable bonds is 4. The normalized spacial score (nSPS) is 13.2. The second-order valence-electron chi connectivity index (χ2n) is 5.97. The average Bonchev–Trinajstić information content (AvgIpc) is 2.45. The number of nitrogens with zero attached hydrogens (tertiary/aromatic N) is 2. The third kappa shape index (κ3) is 3.42. The van der Waals surface area contributed by atoms with E-state index in [4.69, 9.17) is 0 Å². The van der Waals surface area contributed by atoms with Gasteiger partial charge in [0.15, 0.2) is 0 Å². The van der Waals surface area contributed by atoms with Gasteiger partial charge in [0.05, 0.1) is 6.04 Å². The van der Waals surface area contributed by atoms with Gasteiger partial charge in [-0.2, -0.15) is 0 Å². The van der Waals surface area contributed by atoms with E-state index in [9.17, 15) is 0 Å². The molecule has 1 atom stereocenters. The third-order valence-electron chi connectivity index (χ3n) is 3.36. The molecule has 106 valence electrons. The summed E-state index contributed by atoms with van der Waals surface area (Å²) < 4.78 is 0. The summed E-state index contributed by atoms with van der Waals surface area (Å²) in [6.45, 7) is 9.65. The Balaban J connectivity index is 2.31. The Morgan fingerprint density at radius 1 is 1.05 bits per heavy atom. The predicted octanol–water partition coefficient (Wildman–Crippen LogP) is 3.47. The summed E-state index contributed by atoms with van der Waals surface area (Å²) in [5.41, 5.74) is 2.71. The van der Waals surface area contributed by atoms with E-state index < -0.39 is 0 Å². The van der Waals surface area contributed by atoms with E-state index in [0.29, 0.717) is 0 Å². The summed E-state index contributed by atoms with van der Waals surface area (Å²) in [7, 11) is 0. The first-order valence-electron chi connectivity index (χ1n) is 7.13. The van der Waals surface area contributed by atoms with E-state index in [1.807, 2.05) is 6.07 Å². The highest BCUT2D eigenvalue weighted by atomic mass is 15.0. The largest absolute Gasteiger partial charge is 0.304 e. The minimum absolute atomic E-state index is 0.0511. The molecule has 0 aliphatic heterocycles. The lowest BCUT2D eigenvalue weighted by Gasteiger charge is -2.21. The maximum Gasteiger partial charge on any atom is 0.149 e. The zero-order valence-corrected chi connectivity index (χ0v) is 12.7. The molecular formula is C17H23N3. The van der Waals surface area contributed by atoms with Gasteiger partial charge in [-0.1, -0.05) is 52.0 Å². The molecule has 1 heterocycles. The van der Waals surface area contributed by atoms with Crippen LogP contribution in [0, 0.1) is 0 Å². The van der Waals surface area contributed by atoms with Crippen molar-refractivity contribution in [2.75, 3.05) is 6.54 Å². The molecule has 0 aliphatic rings. The minimum Gasteiger partial charge on any atom is -0.304 e. The van der Waals surface area contributed by atoms with Crippen molar-refractivity contribution in [3.8, 4) is 0 Å². The van der Waals surface area contributed by atoms with E-state index in [1.54, 1.807) is 12.4 Å². The Kier molecular flexibility index (Phi) is 4.50. The number of hydrogen-bond acceptors (Lipinski definition) is 3. The maximum atomic E-state index is 4.37. The lowest BCUT2D eigenvalue weighted by molar-refractivity contribution is 0.583. The van der Waals surface area contributed by atoms with Crippen LogP contribution in [0.4, 0.5) is 0 Å². The molecule has 20 heavy (non-hydrogen) atoms. The zero-order chi connectivity index (χ0) is 14.6. The third-order valence-corrected chi connectivity index (χ3v) is 3.36. The highest BCUT2D eigenvalue weighted by Gasteiger charge is 2.17. The van der Waals surface area contributed by atoms with Crippen LogP contribution in [0.3, 0.4) is 0 Å². The molecule has 1 aromatic heterocycles. The van der Waals surface area contributed by atoms with Crippen molar-refractivity contribution in [3.05, 3.63) is 59.7 Å². The molecule has 0 saturated carbocycles. The molecule has 2 rings (SSSR count). The van der Waals surface area contributed by atoms with Crippen molar-refractivity contribution in [3.63, 3.8) is 0 Å². The van der Waals surface area contributed by atoms with Gasteiger partial charge in [-0.25, -0.2) is 9.97 Å². The molecule has 3 nitrogen and oxygen atoms in total. The van der Waals surface area contributed by atoms with E-state index in [2.05, 4.69) is 67.2 Å². The lowest BCUT2D eigenvalue weighted by atomic mass is 9.86. The van der Waals surface area contributed by atoms with Crippen molar-refractivity contribution in [1.82, 2.24) is 15.3 Å². The summed E-state index contributed by atoms with van der Waals surface area (Å²) >= 11 is 0. The Bertz CT molecular complexity index is 526. The Labute approximate surface area is 121 Å². The number of aromatic nitrogens is 2. The predicted molar refractivity (Wildman–Crippen MR) is 82.7 cm³/mol. The summed E-state index contributed by atoms with van der Waals surface area (Å²) in [6.07, 6.45) is 3.58. The molecule has 1 aromatic carbocycles. The van der Waals surface area contributed by atoms with Crippen molar-refractivity contribution in [2.24, 2.45) is 0 Å². The fourth-order valence-corrected chi connectivity index (χ4v) is 2.20. The van der Waals surface area contributed by atoms with E-state index >= 15 is 0 Å². The maximum absolute atomic E-state index is 4.37. The van der Waals surface area contributed by atoms with Gasteiger partial charge in [-0.3, -0.25) is 0 Å². The second kappa shape index (κ2) is 6.14. The van der Waals surface area contributed by atoms with Crippen LogP contribution in [-0.4, -0.2) is 16.5 Å². The van der Waals surface area contributed by atoms with Gasteiger partial charge in [0.25, 0.3) is 0 Å². The van der Waals surface area contributed by atoms with Crippen molar-refractivity contribution in [1.29, 1.82) is 0 Å². The molecule has 0 fully saturated rings. The Morgan fingerprint density at radius 3 is 2.15 bits per heavy atom. The lowest BCUT2D eigenvalue weighted by Crippen LogP contribution is -2.24. The van der Waals surface area contributed by atoms with Crippen molar-refractivity contribution >= 4 is 0 Å². The van der Waals surface area contributed by atoms with E-state index in [0.717, 1.165) is 12.4 Å². The van der Waals surface area contributed by atoms with Crippen LogP contribution in [0.15, 0.2) is 42.7 Å². The van der Waals surface area contributed by atoms with Crippen LogP contribution in [0.1, 0.15) is 50.7 Å². The molecule has 0 spiro atoms. The summed E-state index contributed by atoms with van der Waals surface area (Å²) in [4.78, 5) is 8.74. The molecule has 0 bridgehead atoms. The molecule has 0 saturated heterocycles. The van der Waals surface area contributed by atoms with Gasteiger partial charge in [-0.05, 0) is 29.2 Å². The summed E-state index contributed by atoms with van der Waals surface area (Å²) in [6, 6.07) is 10.6. The first-order chi connectivity index (χ1) is 9.52. The number of nitrogens with one attached hydrogen (secondary N) is 1. The summed E-state index contributed by atoms with van der Waals surface area (Å²) in [5, 5.41) is 3.45. The van der Waals surface area contributed by atoms with Crippen LogP contribution in [0.2, 0.25) is 0 Å². The smallest absolute Gasteiger partial charge is 0.149 e. The summed E-state index contributed by atoms with van der Waals surface area (Å²) in [5.74, 6) is 0.817. The average molecular weight is 269 g/mol. The van der Waals surface area contributed by atoms with Crippen LogP contribution in [-0.2, 0) is 5.41 Å². The first-order valence-corrected chi connectivity index (χ1v) is 7.13. The van der Waals surface area contributed by atoms with Gasteiger partial charge in [0.1, 0.15) is 5.82 Å². The number of hydrogen-bond donors (Lipinski definition) is 1. The van der Waals surface area contributed by atoms with Gasteiger partial charge >= 0.3 is 0 Å². The highest BCUT2D eigenvalue weighted by molar-refractivity contribution is 5.31. The fraction of sp³-hybridized carbons (Fsp3) is 0.412. The van der Waals surface area contributed by atoms with Gasteiger partial charge < -0.3 is 5.32 Å². The van der Waals surface area contributed by atoms with Crippen LogP contribution < -0.4 is 5.32 Å². The Morgan fingerprint density at radius 2 is 1.65 bits per heavy atom. The molecule has 1 unspecified atom stereocenters. The Hall–Kier alpha value is -1.74. The van der Waals surface area contributed by atoms with Gasteiger partial charge in [0, 0.05) is 12.4 Å². The number of benzene rings is 1. The topological polar surface area (TPSA) is 37.8 Å². The molecule has 0 aliphatic carbocycles. The molecule has 0 radical (unpaired) electrons. The zero-order valence-electron chi connectivity index (χ0n) is 12.7. The standard InChI is InChI=1S/C17H23N3/c1-5-18-15(16-19-11-6-12-20-16)13-7-9-14(10-8-13)17(2,3)4/h6-12,15,18H,5H2,1-4H3. The fourth-order valence-electron chi connectivity index (χ4n) is 2.20. The molecule has 0 amide bonds. The van der Waals surface area contributed by atoms with Crippen LogP contribution >= 0.6 is 0 Å². The van der Waals surface area contributed by atoms with Gasteiger partial charge in [-0.15, -0.1) is 0 Å². The molecule has 3 heteroatoms. The minimum atomic E-state index is 0.0511. The van der Waals surface area contributed by atoms with Crippen LogP contribution in [0.25, 0.3) is 0 Å². The van der Waals surface area contributed by atoms with E-state index in [-0.39, 0.29) is 11.5 Å². The molecular weight excluding hydrogens is 246 g/mol. The molecule has 2 aromatic rings. The van der Waals surface area contributed by atoms with Crippen molar-refractivity contribution in [2.45, 2.75) is 39.2 Å². The molecule has 1 N–H and O–H groups in total. The quantitative estimate of drug-likeness (QED) is 0.923. The monoisotopic (exact) mass is 269 g/mol. The first kappa shape index (κ1) is 14.7. The SMILES string of the molecule is CCNC(c1ccc(C(C)(C)C)cc1)c1ncccn1. The highest BCUT2D eigenvalue weighted by Crippen LogP contribution is 2.25. The van der Waals surface area contributed by atoms with Crippen molar-refractivity contribution < 1.29 is 0 Å². The van der Waals surface area contributed by atoms with E-state index in [1.165, 1.54) is 11.1 Å². The second-order valence-corrected chi connectivity index (χ2v) is 5.97. The van der Waals surface area contributed by atoms with Crippen LogP contribution in [0.5, 0.6) is 0 Å².